The van der Waals surface area contributed by atoms with Gasteiger partial charge in [-0.15, -0.1) is 10.2 Å². The van der Waals surface area contributed by atoms with Crippen LogP contribution >= 0.6 is 0 Å². The molecule has 35 heavy (non-hydrogen) atoms. The summed E-state index contributed by atoms with van der Waals surface area (Å²) in [4.78, 5) is 8.60. The predicted octanol–water partition coefficient (Wildman–Crippen LogP) is 2.82. The molecule has 2 aromatic heterocycles. The second-order valence-electron chi connectivity index (χ2n) is 8.51. The molecule has 4 rings (SSSR count). The standard InChI is InChI=1S/C23H30N6O5S/c1-14-11-25-18(12-24-14)15(2)16(3)35(30,31)28-23-27-26-22(17-9-10-34-13-17)29(23)21-19(32-4)7-6-8-20(21)33-5/h6-8,11-12,15-17H,9-10,13H2,1-5H3,(H,27,28)/t15?,16?,17-/m0/s1. The maximum absolute atomic E-state index is 13.5. The normalized spacial score (nSPS) is 17.7. The van der Waals surface area contributed by atoms with E-state index in [1.165, 1.54) is 14.2 Å². The number of anilines is 1. The molecule has 1 saturated heterocycles. The molecule has 1 aliphatic heterocycles. The van der Waals surface area contributed by atoms with Gasteiger partial charge in [-0.2, -0.15) is 0 Å². The summed E-state index contributed by atoms with van der Waals surface area (Å²) < 4.78 is 48.0. The van der Waals surface area contributed by atoms with Crippen LogP contribution in [0.3, 0.4) is 0 Å². The first-order valence-corrected chi connectivity index (χ1v) is 12.9. The Morgan fingerprint density at radius 2 is 1.83 bits per heavy atom. The Kier molecular flexibility index (Phi) is 7.22. The fourth-order valence-corrected chi connectivity index (χ4v) is 5.25. The van der Waals surface area contributed by atoms with Gasteiger partial charge in [-0.1, -0.05) is 13.0 Å². The first-order chi connectivity index (χ1) is 16.8. The zero-order chi connectivity index (χ0) is 25.2. The molecule has 0 aliphatic carbocycles. The molecule has 2 unspecified atom stereocenters. The Hall–Kier alpha value is -3.25. The van der Waals surface area contributed by atoms with Crippen LogP contribution in [0.25, 0.3) is 5.69 Å². The lowest BCUT2D eigenvalue weighted by atomic mass is 10.1. The van der Waals surface area contributed by atoms with Gasteiger partial charge in [-0.05, 0) is 32.4 Å². The van der Waals surface area contributed by atoms with Crippen molar-refractivity contribution >= 4 is 16.0 Å². The second-order valence-corrected chi connectivity index (χ2v) is 10.6. The van der Waals surface area contributed by atoms with Crippen LogP contribution in [-0.2, 0) is 14.8 Å². The Bertz CT molecular complexity index is 1250. The molecule has 1 fully saturated rings. The number of ether oxygens (including phenoxy) is 3. The van der Waals surface area contributed by atoms with Gasteiger partial charge >= 0.3 is 0 Å². The Morgan fingerprint density at radius 3 is 2.40 bits per heavy atom. The van der Waals surface area contributed by atoms with Crippen molar-refractivity contribution in [2.24, 2.45) is 0 Å². The number of nitrogens with one attached hydrogen (secondary N) is 1. The second kappa shape index (κ2) is 10.2. The third-order valence-corrected chi connectivity index (χ3v) is 8.16. The number of methoxy groups -OCH3 is 2. The number of benzene rings is 1. The summed E-state index contributed by atoms with van der Waals surface area (Å²) in [6, 6.07) is 5.33. The maximum Gasteiger partial charge on any atom is 0.243 e. The molecule has 0 amide bonds. The van der Waals surface area contributed by atoms with Crippen LogP contribution < -0.4 is 14.2 Å². The van der Waals surface area contributed by atoms with Crippen LogP contribution in [0.1, 0.15) is 49.3 Å². The quantitative estimate of drug-likeness (QED) is 0.469. The van der Waals surface area contributed by atoms with Crippen LogP contribution in [-0.4, -0.2) is 65.8 Å². The van der Waals surface area contributed by atoms with Gasteiger partial charge in [0, 0.05) is 30.8 Å². The van der Waals surface area contributed by atoms with Gasteiger partial charge in [-0.3, -0.25) is 19.3 Å². The average molecular weight is 503 g/mol. The molecule has 3 heterocycles. The van der Waals surface area contributed by atoms with Crippen LogP contribution in [0.15, 0.2) is 30.6 Å². The lowest BCUT2D eigenvalue weighted by molar-refractivity contribution is 0.193. The molecular weight excluding hydrogens is 472 g/mol. The van der Waals surface area contributed by atoms with E-state index in [1.807, 2.05) is 6.92 Å². The molecule has 1 aliphatic rings. The number of sulfonamides is 1. The largest absolute Gasteiger partial charge is 0.494 e. The smallest absolute Gasteiger partial charge is 0.243 e. The third kappa shape index (κ3) is 4.94. The molecule has 188 valence electrons. The SMILES string of the molecule is COc1cccc(OC)c1-n1c(NS(=O)(=O)C(C)C(C)c2cnc(C)cn2)nnc1[C@H]1CCOC1. The molecule has 12 heteroatoms. The van der Waals surface area contributed by atoms with E-state index in [-0.39, 0.29) is 11.9 Å². The summed E-state index contributed by atoms with van der Waals surface area (Å²) >= 11 is 0. The van der Waals surface area contributed by atoms with Gasteiger partial charge in [0.05, 0.1) is 37.5 Å². The van der Waals surface area contributed by atoms with Crippen molar-refractivity contribution in [2.75, 3.05) is 32.2 Å². The Balaban J connectivity index is 1.76. The average Bonchev–Trinajstić information content (AvgIpc) is 3.52. The minimum absolute atomic E-state index is 0.0451. The van der Waals surface area contributed by atoms with E-state index in [2.05, 4.69) is 24.9 Å². The van der Waals surface area contributed by atoms with E-state index in [0.717, 1.165) is 12.1 Å². The third-order valence-electron chi connectivity index (χ3n) is 6.30. The number of hydrogen-bond acceptors (Lipinski definition) is 9. The van der Waals surface area contributed by atoms with Crippen molar-refractivity contribution in [1.82, 2.24) is 24.7 Å². The lowest BCUT2D eigenvalue weighted by Gasteiger charge is -2.22. The van der Waals surface area contributed by atoms with Gasteiger partial charge < -0.3 is 14.2 Å². The highest BCUT2D eigenvalue weighted by Gasteiger charge is 2.33. The fourth-order valence-electron chi connectivity index (χ4n) is 4.00. The van der Waals surface area contributed by atoms with Gasteiger partial charge in [0.2, 0.25) is 16.0 Å². The summed E-state index contributed by atoms with van der Waals surface area (Å²) in [6.45, 7) is 6.31. The zero-order valence-electron chi connectivity index (χ0n) is 20.4. The Morgan fingerprint density at radius 1 is 1.11 bits per heavy atom. The number of aryl methyl sites for hydroxylation is 1. The van der Waals surface area contributed by atoms with Gasteiger partial charge in [0.15, 0.2) is 0 Å². The van der Waals surface area contributed by atoms with Gasteiger partial charge in [-0.25, -0.2) is 8.42 Å². The van der Waals surface area contributed by atoms with E-state index in [0.29, 0.717) is 41.9 Å². The number of para-hydroxylation sites is 1. The minimum Gasteiger partial charge on any atom is -0.494 e. The minimum atomic E-state index is -3.90. The maximum atomic E-state index is 13.5. The van der Waals surface area contributed by atoms with E-state index in [1.54, 1.807) is 49.0 Å². The predicted molar refractivity (Wildman–Crippen MR) is 130 cm³/mol. The molecule has 0 spiro atoms. The summed E-state index contributed by atoms with van der Waals surface area (Å²) in [7, 11) is -0.827. The number of aromatic nitrogens is 5. The van der Waals surface area contributed by atoms with Crippen molar-refractivity contribution in [3.05, 3.63) is 47.8 Å². The molecule has 0 bridgehead atoms. The topological polar surface area (TPSA) is 130 Å². The number of nitrogens with zero attached hydrogens (tertiary/aromatic N) is 5. The molecule has 0 saturated carbocycles. The molecule has 3 aromatic rings. The lowest BCUT2D eigenvalue weighted by Crippen LogP contribution is -2.31. The van der Waals surface area contributed by atoms with Crippen molar-refractivity contribution in [2.45, 2.75) is 44.3 Å². The molecule has 1 aromatic carbocycles. The van der Waals surface area contributed by atoms with Crippen LogP contribution in [0.5, 0.6) is 11.5 Å². The number of hydrogen-bond donors (Lipinski definition) is 1. The highest BCUT2D eigenvalue weighted by molar-refractivity contribution is 7.93. The summed E-state index contributed by atoms with van der Waals surface area (Å²) in [6.07, 6.45) is 3.97. The van der Waals surface area contributed by atoms with Gasteiger partial charge in [0.1, 0.15) is 23.0 Å². The number of rotatable bonds is 9. The molecule has 1 N–H and O–H groups in total. The van der Waals surface area contributed by atoms with Crippen molar-refractivity contribution in [3.63, 3.8) is 0 Å². The highest BCUT2D eigenvalue weighted by atomic mass is 32.2. The molecule has 11 nitrogen and oxygen atoms in total. The van der Waals surface area contributed by atoms with Crippen molar-refractivity contribution < 1.29 is 22.6 Å². The van der Waals surface area contributed by atoms with E-state index in [9.17, 15) is 8.42 Å². The van der Waals surface area contributed by atoms with Crippen molar-refractivity contribution in [1.29, 1.82) is 0 Å². The fraction of sp³-hybridized carbons (Fsp3) is 0.478. The zero-order valence-corrected chi connectivity index (χ0v) is 21.2. The monoisotopic (exact) mass is 502 g/mol. The van der Waals surface area contributed by atoms with Crippen LogP contribution in [0.2, 0.25) is 0 Å². The molecule has 3 atom stereocenters. The van der Waals surface area contributed by atoms with Crippen LogP contribution in [0, 0.1) is 6.92 Å². The van der Waals surface area contributed by atoms with E-state index < -0.39 is 21.2 Å². The molecular formula is C23H30N6O5S. The summed E-state index contributed by atoms with van der Waals surface area (Å²) in [5, 5.41) is 7.75. The summed E-state index contributed by atoms with van der Waals surface area (Å²) in [5.41, 5.74) is 1.86. The van der Waals surface area contributed by atoms with Gasteiger partial charge in [0.25, 0.3) is 0 Å². The van der Waals surface area contributed by atoms with E-state index in [4.69, 9.17) is 14.2 Å². The van der Waals surface area contributed by atoms with E-state index >= 15 is 0 Å². The Labute approximate surface area is 204 Å². The first kappa shape index (κ1) is 24.9. The molecule has 0 radical (unpaired) electrons. The van der Waals surface area contributed by atoms with Crippen molar-refractivity contribution in [3.8, 4) is 17.2 Å². The first-order valence-electron chi connectivity index (χ1n) is 11.3. The highest BCUT2D eigenvalue weighted by Crippen LogP contribution is 2.38. The van der Waals surface area contributed by atoms with Crippen LogP contribution in [0.4, 0.5) is 5.95 Å². The summed E-state index contributed by atoms with van der Waals surface area (Å²) in [5.74, 6) is 1.11.